The Labute approximate surface area is 146 Å². The second-order valence-electron chi connectivity index (χ2n) is 6.55. The van der Waals surface area contributed by atoms with Crippen LogP contribution in [0.1, 0.15) is 25.3 Å². The van der Waals surface area contributed by atoms with Crippen molar-refractivity contribution >= 4 is 29.0 Å². The third-order valence-corrected chi connectivity index (χ3v) is 4.34. The van der Waals surface area contributed by atoms with Crippen LogP contribution >= 0.6 is 0 Å². The number of aromatic nitrogens is 2. The molecule has 3 N–H and O–H groups in total. The maximum atomic E-state index is 11.4. The summed E-state index contributed by atoms with van der Waals surface area (Å²) in [6, 6.07) is 7.54. The normalized spacial score (nSPS) is 17.4. The summed E-state index contributed by atoms with van der Waals surface area (Å²) in [5.74, 6) is 0.962. The first-order valence-corrected chi connectivity index (χ1v) is 8.34. The molecule has 2 aromatic rings. The van der Waals surface area contributed by atoms with Gasteiger partial charge in [0.25, 0.3) is 0 Å². The summed E-state index contributed by atoms with van der Waals surface area (Å²) in [5.41, 5.74) is 7.40. The Morgan fingerprint density at radius 1 is 1.32 bits per heavy atom. The van der Waals surface area contributed by atoms with Crippen LogP contribution in [0.5, 0.6) is 0 Å². The highest BCUT2D eigenvalue weighted by molar-refractivity contribution is 5.74. The van der Waals surface area contributed by atoms with E-state index in [0.717, 1.165) is 31.5 Å². The molecule has 0 radical (unpaired) electrons. The molecule has 3 rings (SSSR count). The fourth-order valence-corrected chi connectivity index (χ4v) is 3.01. The highest BCUT2D eigenvalue weighted by Gasteiger charge is 2.26. The number of nitrogen functional groups attached to an aromatic ring is 1. The Bertz CT molecular complexity index is 777. The van der Waals surface area contributed by atoms with Gasteiger partial charge < -0.3 is 16.0 Å². The Morgan fingerprint density at radius 2 is 2.04 bits per heavy atom. The van der Waals surface area contributed by atoms with Crippen LogP contribution in [0.4, 0.5) is 29.0 Å². The standard InChI is InChI=1S/C17H22N6O2/c1-11-5-7-13(8-6-11)19-16-14(23(24)25)15(18)20-17(21-16)22-9-3-4-12(2)10-22/h5-8,12H,3-4,9-10H2,1-2H3,(H3,18,19,20,21). The summed E-state index contributed by atoms with van der Waals surface area (Å²) < 4.78 is 0. The smallest absolute Gasteiger partial charge is 0.353 e. The van der Waals surface area contributed by atoms with Crippen LogP contribution < -0.4 is 16.0 Å². The molecular weight excluding hydrogens is 320 g/mol. The van der Waals surface area contributed by atoms with Gasteiger partial charge in [-0.3, -0.25) is 10.1 Å². The molecule has 1 saturated heterocycles. The predicted molar refractivity (Wildman–Crippen MR) is 98.2 cm³/mol. The highest BCUT2D eigenvalue weighted by Crippen LogP contribution is 2.33. The number of nitrogens with one attached hydrogen (secondary N) is 1. The molecule has 0 spiro atoms. The molecule has 1 aliphatic heterocycles. The number of nitro groups is 1. The molecule has 1 aromatic carbocycles. The zero-order valence-electron chi connectivity index (χ0n) is 14.4. The van der Waals surface area contributed by atoms with Crippen LogP contribution in [0.25, 0.3) is 0 Å². The number of nitrogens with two attached hydrogens (primary N) is 1. The molecule has 2 heterocycles. The molecule has 8 nitrogen and oxygen atoms in total. The Morgan fingerprint density at radius 3 is 2.68 bits per heavy atom. The molecule has 0 amide bonds. The van der Waals surface area contributed by atoms with Crippen molar-refractivity contribution in [2.45, 2.75) is 26.7 Å². The van der Waals surface area contributed by atoms with Crippen molar-refractivity contribution in [3.63, 3.8) is 0 Å². The van der Waals surface area contributed by atoms with E-state index in [2.05, 4.69) is 22.2 Å². The van der Waals surface area contributed by atoms with Crippen LogP contribution in [0.3, 0.4) is 0 Å². The van der Waals surface area contributed by atoms with Gasteiger partial charge >= 0.3 is 5.69 Å². The van der Waals surface area contributed by atoms with Crippen molar-refractivity contribution in [1.29, 1.82) is 0 Å². The molecule has 8 heteroatoms. The number of rotatable bonds is 4. The van der Waals surface area contributed by atoms with E-state index in [1.807, 2.05) is 36.1 Å². The molecule has 25 heavy (non-hydrogen) atoms. The van der Waals surface area contributed by atoms with E-state index in [1.54, 1.807) is 0 Å². The number of piperidine rings is 1. The van der Waals surface area contributed by atoms with Gasteiger partial charge in [-0.15, -0.1) is 0 Å². The van der Waals surface area contributed by atoms with E-state index in [-0.39, 0.29) is 17.3 Å². The summed E-state index contributed by atoms with van der Waals surface area (Å²) in [6.45, 7) is 5.80. The van der Waals surface area contributed by atoms with Crippen LogP contribution in [0, 0.1) is 23.0 Å². The summed E-state index contributed by atoms with van der Waals surface area (Å²) in [7, 11) is 0. The third kappa shape index (κ3) is 3.78. The van der Waals surface area contributed by atoms with Gasteiger partial charge in [0, 0.05) is 18.8 Å². The average molecular weight is 342 g/mol. The van der Waals surface area contributed by atoms with Crippen molar-refractivity contribution in [2.75, 3.05) is 29.0 Å². The van der Waals surface area contributed by atoms with Crippen LogP contribution in [0.15, 0.2) is 24.3 Å². The fraction of sp³-hybridized carbons (Fsp3) is 0.412. The van der Waals surface area contributed by atoms with Gasteiger partial charge in [0.1, 0.15) is 0 Å². The van der Waals surface area contributed by atoms with Gasteiger partial charge in [0.15, 0.2) is 0 Å². The summed E-state index contributed by atoms with van der Waals surface area (Å²) in [4.78, 5) is 21.5. The van der Waals surface area contributed by atoms with E-state index in [0.29, 0.717) is 17.6 Å². The Hall–Kier alpha value is -2.90. The third-order valence-electron chi connectivity index (χ3n) is 4.34. The minimum atomic E-state index is -0.547. The molecule has 0 aliphatic carbocycles. The Kier molecular flexibility index (Phi) is 4.69. The van der Waals surface area contributed by atoms with E-state index < -0.39 is 4.92 Å². The lowest BCUT2D eigenvalue weighted by Gasteiger charge is -2.31. The number of hydrogen-bond donors (Lipinski definition) is 2. The van der Waals surface area contributed by atoms with Crippen molar-refractivity contribution in [3.8, 4) is 0 Å². The number of aryl methyl sites for hydroxylation is 1. The zero-order chi connectivity index (χ0) is 18.0. The monoisotopic (exact) mass is 342 g/mol. The molecule has 0 saturated carbocycles. The quantitative estimate of drug-likeness (QED) is 0.648. The van der Waals surface area contributed by atoms with E-state index in [1.165, 1.54) is 0 Å². The maximum absolute atomic E-state index is 11.4. The Balaban J connectivity index is 1.98. The summed E-state index contributed by atoms with van der Waals surface area (Å²) in [6.07, 6.45) is 2.20. The van der Waals surface area contributed by atoms with Crippen LogP contribution in [-0.4, -0.2) is 28.0 Å². The zero-order valence-corrected chi connectivity index (χ0v) is 14.4. The fourth-order valence-electron chi connectivity index (χ4n) is 3.01. The van der Waals surface area contributed by atoms with Gasteiger partial charge in [0.2, 0.25) is 17.6 Å². The summed E-state index contributed by atoms with van der Waals surface area (Å²) in [5, 5.41) is 14.4. The SMILES string of the molecule is Cc1ccc(Nc2nc(N3CCCC(C)C3)nc(N)c2[N+](=O)[O-])cc1. The molecule has 1 unspecified atom stereocenters. The van der Waals surface area contributed by atoms with Gasteiger partial charge in [-0.2, -0.15) is 9.97 Å². The van der Waals surface area contributed by atoms with Gasteiger partial charge in [-0.05, 0) is 37.8 Å². The van der Waals surface area contributed by atoms with Crippen molar-refractivity contribution in [1.82, 2.24) is 9.97 Å². The van der Waals surface area contributed by atoms with E-state index >= 15 is 0 Å². The first kappa shape index (κ1) is 16.9. The number of hydrogen-bond acceptors (Lipinski definition) is 7. The lowest BCUT2D eigenvalue weighted by atomic mass is 10.0. The van der Waals surface area contributed by atoms with Gasteiger partial charge in [0.05, 0.1) is 4.92 Å². The molecule has 0 bridgehead atoms. The topological polar surface area (TPSA) is 110 Å². The van der Waals surface area contributed by atoms with Gasteiger partial charge in [-0.25, -0.2) is 0 Å². The predicted octanol–water partition coefficient (Wildman–Crippen LogP) is 3.26. The first-order valence-electron chi connectivity index (χ1n) is 8.34. The highest BCUT2D eigenvalue weighted by atomic mass is 16.6. The largest absolute Gasteiger partial charge is 0.378 e. The average Bonchev–Trinajstić information content (AvgIpc) is 2.56. The van der Waals surface area contributed by atoms with Crippen molar-refractivity contribution < 1.29 is 4.92 Å². The van der Waals surface area contributed by atoms with Crippen LogP contribution in [0.2, 0.25) is 0 Å². The molecular formula is C17H22N6O2. The number of benzene rings is 1. The molecule has 132 valence electrons. The number of anilines is 4. The van der Waals surface area contributed by atoms with Crippen LogP contribution in [-0.2, 0) is 0 Å². The first-order chi connectivity index (χ1) is 11.9. The van der Waals surface area contributed by atoms with E-state index in [4.69, 9.17) is 5.73 Å². The maximum Gasteiger partial charge on any atom is 0.353 e. The minimum absolute atomic E-state index is 0.120. The molecule has 1 fully saturated rings. The number of nitrogens with zero attached hydrogens (tertiary/aromatic N) is 4. The van der Waals surface area contributed by atoms with E-state index in [9.17, 15) is 10.1 Å². The lowest BCUT2D eigenvalue weighted by molar-refractivity contribution is -0.383. The second-order valence-corrected chi connectivity index (χ2v) is 6.55. The molecule has 1 atom stereocenters. The molecule has 1 aliphatic rings. The van der Waals surface area contributed by atoms with Gasteiger partial charge in [-0.1, -0.05) is 24.6 Å². The van der Waals surface area contributed by atoms with Crippen molar-refractivity contribution in [2.24, 2.45) is 5.92 Å². The van der Waals surface area contributed by atoms with Crippen molar-refractivity contribution in [3.05, 3.63) is 39.9 Å². The molecule has 1 aromatic heterocycles. The summed E-state index contributed by atoms with van der Waals surface area (Å²) >= 11 is 0. The lowest BCUT2D eigenvalue weighted by Crippen LogP contribution is -2.35. The second kappa shape index (κ2) is 6.92. The minimum Gasteiger partial charge on any atom is -0.378 e.